The molecule has 2 aromatic carbocycles. The number of ether oxygens (including phenoxy) is 1. The summed E-state index contributed by atoms with van der Waals surface area (Å²) in [6.45, 7) is 1.83. The molecule has 2 rings (SSSR count). The van der Waals surface area contributed by atoms with Crippen LogP contribution in [-0.2, 0) is 16.1 Å². The van der Waals surface area contributed by atoms with E-state index in [0.29, 0.717) is 6.54 Å². The van der Waals surface area contributed by atoms with Gasteiger partial charge in [-0.3, -0.25) is 9.59 Å². The van der Waals surface area contributed by atoms with E-state index in [1.54, 1.807) is 7.11 Å². The Labute approximate surface area is 142 Å². The molecule has 24 heavy (non-hydrogen) atoms. The number of benzene rings is 2. The number of para-hydroxylation sites is 1. The summed E-state index contributed by atoms with van der Waals surface area (Å²) in [7, 11) is 1.60. The van der Waals surface area contributed by atoms with E-state index in [-0.39, 0.29) is 24.3 Å². The van der Waals surface area contributed by atoms with Gasteiger partial charge in [0.1, 0.15) is 5.75 Å². The standard InChI is InChI=1S/C19H22N2O3/c1-14(22)21-17(15-8-4-3-5-9-15)12-19(23)20-13-16-10-6-7-11-18(16)24-2/h3-11,17H,12-13H2,1-2H3,(H,20,23)(H,21,22). The Morgan fingerprint density at radius 1 is 1.04 bits per heavy atom. The van der Waals surface area contributed by atoms with Crippen molar-refractivity contribution in [1.29, 1.82) is 0 Å². The second-order valence-corrected chi connectivity index (χ2v) is 5.46. The van der Waals surface area contributed by atoms with E-state index in [0.717, 1.165) is 16.9 Å². The minimum atomic E-state index is -0.346. The molecule has 0 aliphatic carbocycles. The third-order valence-electron chi connectivity index (χ3n) is 3.64. The number of rotatable bonds is 7. The topological polar surface area (TPSA) is 67.4 Å². The van der Waals surface area contributed by atoms with Gasteiger partial charge in [0.25, 0.3) is 0 Å². The number of carbonyl (C=O) groups is 2. The van der Waals surface area contributed by atoms with Crippen LogP contribution in [-0.4, -0.2) is 18.9 Å². The van der Waals surface area contributed by atoms with Crippen LogP contribution in [0.2, 0.25) is 0 Å². The van der Waals surface area contributed by atoms with Crippen molar-refractivity contribution in [3.8, 4) is 5.75 Å². The second kappa shape index (κ2) is 8.72. The van der Waals surface area contributed by atoms with E-state index in [1.165, 1.54) is 6.92 Å². The highest BCUT2D eigenvalue weighted by molar-refractivity contribution is 5.79. The maximum absolute atomic E-state index is 12.3. The van der Waals surface area contributed by atoms with Gasteiger partial charge in [0.15, 0.2) is 0 Å². The fourth-order valence-corrected chi connectivity index (χ4v) is 2.48. The molecule has 5 heteroatoms. The summed E-state index contributed by atoms with van der Waals surface area (Å²) >= 11 is 0. The minimum absolute atomic E-state index is 0.136. The number of carbonyl (C=O) groups excluding carboxylic acids is 2. The summed E-state index contributed by atoms with van der Waals surface area (Å²) in [4.78, 5) is 23.7. The monoisotopic (exact) mass is 326 g/mol. The van der Waals surface area contributed by atoms with E-state index in [9.17, 15) is 9.59 Å². The highest BCUT2D eigenvalue weighted by atomic mass is 16.5. The van der Waals surface area contributed by atoms with Gasteiger partial charge in [-0.25, -0.2) is 0 Å². The van der Waals surface area contributed by atoms with E-state index in [1.807, 2.05) is 54.6 Å². The van der Waals surface area contributed by atoms with Crippen molar-refractivity contribution in [2.24, 2.45) is 0 Å². The Bertz CT molecular complexity index is 686. The molecular formula is C19H22N2O3. The van der Waals surface area contributed by atoms with Gasteiger partial charge in [-0.1, -0.05) is 48.5 Å². The number of nitrogens with one attached hydrogen (secondary N) is 2. The predicted molar refractivity (Wildman–Crippen MR) is 92.5 cm³/mol. The summed E-state index contributed by atoms with van der Waals surface area (Å²) in [6.07, 6.45) is 0.179. The van der Waals surface area contributed by atoms with Crippen molar-refractivity contribution in [1.82, 2.24) is 10.6 Å². The zero-order valence-electron chi connectivity index (χ0n) is 13.9. The van der Waals surface area contributed by atoms with Crippen LogP contribution in [0.5, 0.6) is 5.75 Å². The first-order valence-electron chi connectivity index (χ1n) is 7.80. The first-order valence-corrected chi connectivity index (χ1v) is 7.80. The molecule has 0 bridgehead atoms. The van der Waals surface area contributed by atoms with E-state index in [4.69, 9.17) is 4.74 Å². The lowest BCUT2D eigenvalue weighted by Gasteiger charge is -2.18. The molecule has 0 aliphatic heterocycles. The largest absolute Gasteiger partial charge is 0.496 e. The molecule has 2 aromatic rings. The molecule has 0 heterocycles. The van der Waals surface area contributed by atoms with Crippen molar-refractivity contribution >= 4 is 11.8 Å². The third kappa shape index (κ3) is 5.12. The minimum Gasteiger partial charge on any atom is -0.496 e. The molecule has 0 spiro atoms. The van der Waals surface area contributed by atoms with Crippen LogP contribution in [0, 0.1) is 0 Å². The van der Waals surface area contributed by atoms with Crippen LogP contribution in [0.4, 0.5) is 0 Å². The highest BCUT2D eigenvalue weighted by Crippen LogP contribution is 2.18. The van der Waals surface area contributed by atoms with E-state index < -0.39 is 0 Å². The molecule has 0 saturated carbocycles. The molecule has 1 atom stereocenters. The number of methoxy groups -OCH3 is 1. The Morgan fingerprint density at radius 3 is 2.38 bits per heavy atom. The molecule has 0 aromatic heterocycles. The number of amides is 2. The Hall–Kier alpha value is -2.82. The molecule has 5 nitrogen and oxygen atoms in total. The fourth-order valence-electron chi connectivity index (χ4n) is 2.48. The smallest absolute Gasteiger partial charge is 0.222 e. The lowest BCUT2D eigenvalue weighted by atomic mass is 10.0. The molecular weight excluding hydrogens is 304 g/mol. The molecule has 126 valence electrons. The zero-order chi connectivity index (χ0) is 17.4. The SMILES string of the molecule is COc1ccccc1CNC(=O)CC(NC(C)=O)c1ccccc1. The average Bonchev–Trinajstić information content (AvgIpc) is 2.60. The Morgan fingerprint density at radius 2 is 1.71 bits per heavy atom. The van der Waals surface area contributed by atoms with Crippen LogP contribution >= 0.6 is 0 Å². The second-order valence-electron chi connectivity index (χ2n) is 5.46. The predicted octanol–water partition coefficient (Wildman–Crippen LogP) is 2.58. The summed E-state index contributed by atoms with van der Waals surface area (Å²) in [5, 5.41) is 5.70. The van der Waals surface area contributed by atoms with Gasteiger partial charge < -0.3 is 15.4 Å². The molecule has 2 N–H and O–H groups in total. The maximum Gasteiger partial charge on any atom is 0.222 e. The van der Waals surface area contributed by atoms with Crippen molar-refractivity contribution in [2.75, 3.05) is 7.11 Å². The van der Waals surface area contributed by atoms with Crippen LogP contribution in [0.25, 0.3) is 0 Å². The van der Waals surface area contributed by atoms with Crippen LogP contribution in [0.3, 0.4) is 0 Å². The zero-order valence-corrected chi connectivity index (χ0v) is 13.9. The van der Waals surface area contributed by atoms with Gasteiger partial charge >= 0.3 is 0 Å². The fraction of sp³-hybridized carbons (Fsp3) is 0.263. The van der Waals surface area contributed by atoms with Gasteiger partial charge in [-0.05, 0) is 11.6 Å². The highest BCUT2D eigenvalue weighted by Gasteiger charge is 2.17. The van der Waals surface area contributed by atoms with Gasteiger partial charge in [-0.2, -0.15) is 0 Å². The average molecular weight is 326 g/mol. The summed E-state index contributed by atoms with van der Waals surface area (Å²) in [6, 6.07) is 16.7. The van der Waals surface area contributed by atoms with Gasteiger partial charge in [0, 0.05) is 19.0 Å². The van der Waals surface area contributed by atoms with Gasteiger partial charge in [-0.15, -0.1) is 0 Å². The summed E-state index contributed by atoms with van der Waals surface area (Å²) in [5.41, 5.74) is 1.81. The molecule has 1 unspecified atom stereocenters. The third-order valence-corrected chi connectivity index (χ3v) is 3.64. The van der Waals surface area contributed by atoms with Crippen molar-refractivity contribution in [3.05, 3.63) is 65.7 Å². The summed E-state index contributed by atoms with van der Waals surface area (Å²) < 4.78 is 5.27. The van der Waals surface area contributed by atoms with Crippen LogP contribution < -0.4 is 15.4 Å². The molecule has 2 amide bonds. The number of hydrogen-bond acceptors (Lipinski definition) is 3. The summed E-state index contributed by atoms with van der Waals surface area (Å²) in [5.74, 6) is 0.434. The Kier molecular flexibility index (Phi) is 6.37. The van der Waals surface area contributed by atoms with E-state index >= 15 is 0 Å². The first-order chi connectivity index (χ1) is 11.6. The molecule has 0 fully saturated rings. The number of hydrogen-bond donors (Lipinski definition) is 2. The molecule has 0 aliphatic rings. The maximum atomic E-state index is 12.3. The molecule has 0 saturated heterocycles. The van der Waals surface area contributed by atoms with Gasteiger partial charge in [0.05, 0.1) is 19.6 Å². The quantitative estimate of drug-likeness (QED) is 0.822. The van der Waals surface area contributed by atoms with Crippen LogP contribution in [0.15, 0.2) is 54.6 Å². The van der Waals surface area contributed by atoms with Crippen molar-refractivity contribution < 1.29 is 14.3 Å². The van der Waals surface area contributed by atoms with Crippen molar-refractivity contribution in [2.45, 2.75) is 25.9 Å². The van der Waals surface area contributed by atoms with Crippen LogP contribution in [0.1, 0.15) is 30.5 Å². The lowest BCUT2D eigenvalue weighted by Crippen LogP contribution is -2.32. The van der Waals surface area contributed by atoms with Crippen molar-refractivity contribution in [3.63, 3.8) is 0 Å². The van der Waals surface area contributed by atoms with E-state index in [2.05, 4.69) is 10.6 Å². The Balaban J connectivity index is 1.99. The normalized spacial score (nSPS) is 11.4. The molecule has 0 radical (unpaired) electrons. The lowest BCUT2D eigenvalue weighted by molar-refractivity contribution is -0.122. The van der Waals surface area contributed by atoms with Gasteiger partial charge in [0.2, 0.25) is 11.8 Å². The first kappa shape index (κ1) is 17.5.